The van der Waals surface area contributed by atoms with E-state index in [0.717, 1.165) is 5.56 Å². The molecule has 0 aliphatic carbocycles. The minimum Gasteiger partial charge on any atom is -0.378 e. The van der Waals surface area contributed by atoms with Crippen molar-refractivity contribution in [1.82, 2.24) is 14.7 Å². The van der Waals surface area contributed by atoms with Crippen molar-refractivity contribution in [3.63, 3.8) is 0 Å². The molecule has 1 aromatic heterocycles. The lowest BCUT2D eigenvalue weighted by Gasteiger charge is -2.37. The lowest BCUT2D eigenvalue weighted by Crippen LogP contribution is -2.56. The first-order valence-corrected chi connectivity index (χ1v) is 8.32. The molecule has 7 heteroatoms. The van der Waals surface area contributed by atoms with Gasteiger partial charge in [-0.05, 0) is 18.4 Å². The highest BCUT2D eigenvalue weighted by molar-refractivity contribution is 5.97. The summed E-state index contributed by atoms with van der Waals surface area (Å²) in [6.07, 6.45) is 4.20. The number of carbonyl (C=O) groups excluding carboxylic acids is 2. The number of anilines is 1. The van der Waals surface area contributed by atoms with Crippen molar-refractivity contribution in [3.05, 3.63) is 48.3 Å². The molecule has 0 bridgehead atoms. The Balaban J connectivity index is 1.64. The molecule has 1 aliphatic rings. The van der Waals surface area contributed by atoms with Crippen LogP contribution in [-0.4, -0.2) is 50.3 Å². The molecule has 1 saturated heterocycles. The SMILES string of the molecule is CC(=O)N1CCC[C@@](O)(C(=O)Nc2cnn(Cc3ccccc3)c2)C1. The molecule has 2 amide bonds. The summed E-state index contributed by atoms with van der Waals surface area (Å²) in [4.78, 5) is 25.5. The van der Waals surface area contributed by atoms with Gasteiger partial charge in [0.1, 0.15) is 0 Å². The Bertz CT molecular complexity index is 759. The van der Waals surface area contributed by atoms with Crippen LogP contribution in [0.5, 0.6) is 0 Å². The van der Waals surface area contributed by atoms with E-state index in [-0.39, 0.29) is 12.5 Å². The van der Waals surface area contributed by atoms with E-state index in [1.807, 2.05) is 30.3 Å². The molecule has 0 saturated carbocycles. The molecule has 1 atom stereocenters. The van der Waals surface area contributed by atoms with Crippen LogP contribution in [0.25, 0.3) is 0 Å². The summed E-state index contributed by atoms with van der Waals surface area (Å²) in [6, 6.07) is 9.87. The van der Waals surface area contributed by atoms with Crippen LogP contribution in [0.3, 0.4) is 0 Å². The minimum atomic E-state index is -1.56. The van der Waals surface area contributed by atoms with Gasteiger partial charge in [-0.3, -0.25) is 14.3 Å². The molecule has 2 N–H and O–H groups in total. The number of likely N-dealkylation sites (tertiary alicyclic amines) is 1. The fourth-order valence-electron chi connectivity index (χ4n) is 3.02. The van der Waals surface area contributed by atoms with Crippen LogP contribution in [0, 0.1) is 0 Å². The number of rotatable bonds is 4. The van der Waals surface area contributed by atoms with Crippen molar-refractivity contribution in [2.75, 3.05) is 18.4 Å². The van der Waals surface area contributed by atoms with Crippen LogP contribution in [-0.2, 0) is 16.1 Å². The molecule has 2 aromatic rings. The quantitative estimate of drug-likeness (QED) is 0.875. The molecule has 7 nitrogen and oxygen atoms in total. The van der Waals surface area contributed by atoms with Crippen molar-refractivity contribution in [3.8, 4) is 0 Å². The zero-order valence-corrected chi connectivity index (χ0v) is 14.2. The first kappa shape index (κ1) is 17.2. The van der Waals surface area contributed by atoms with Crippen LogP contribution in [0.1, 0.15) is 25.3 Å². The summed E-state index contributed by atoms with van der Waals surface area (Å²) >= 11 is 0. The standard InChI is InChI=1S/C18H22N4O3/c1-14(23)21-9-5-8-18(25,13-21)17(24)20-16-10-19-22(12-16)11-15-6-3-2-4-7-15/h2-4,6-7,10,12,25H,5,8-9,11,13H2,1H3,(H,20,24)/t18-/m0/s1. The highest BCUT2D eigenvalue weighted by Crippen LogP contribution is 2.23. The van der Waals surface area contributed by atoms with Gasteiger partial charge in [0.15, 0.2) is 5.60 Å². The third kappa shape index (κ3) is 4.06. The molecular weight excluding hydrogens is 320 g/mol. The Morgan fingerprint density at radius 2 is 2.08 bits per heavy atom. The molecule has 1 fully saturated rings. The first-order chi connectivity index (χ1) is 12.0. The Morgan fingerprint density at radius 3 is 2.80 bits per heavy atom. The van der Waals surface area contributed by atoms with Crippen molar-refractivity contribution in [1.29, 1.82) is 0 Å². The smallest absolute Gasteiger partial charge is 0.258 e. The summed E-state index contributed by atoms with van der Waals surface area (Å²) in [7, 11) is 0. The van der Waals surface area contributed by atoms with E-state index in [4.69, 9.17) is 0 Å². The first-order valence-electron chi connectivity index (χ1n) is 8.32. The number of aromatic nitrogens is 2. The molecular formula is C18H22N4O3. The van der Waals surface area contributed by atoms with E-state index in [1.54, 1.807) is 17.1 Å². The molecule has 132 valence electrons. The minimum absolute atomic E-state index is 0.0202. The highest BCUT2D eigenvalue weighted by atomic mass is 16.3. The van der Waals surface area contributed by atoms with Crippen LogP contribution in [0.2, 0.25) is 0 Å². The maximum Gasteiger partial charge on any atom is 0.258 e. The second-order valence-corrected chi connectivity index (χ2v) is 6.44. The predicted molar refractivity (Wildman–Crippen MR) is 92.8 cm³/mol. The van der Waals surface area contributed by atoms with Gasteiger partial charge in [-0.1, -0.05) is 30.3 Å². The number of nitrogens with zero attached hydrogens (tertiary/aromatic N) is 3. The molecule has 3 rings (SSSR count). The number of aliphatic hydroxyl groups is 1. The molecule has 2 heterocycles. The summed E-state index contributed by atoms with van der Waals surface area (Å²) in [5.74, 6) is -0.640. The van der Waals surface area contributed by atoms with Crippen molar-refractivity contribution >= 4 is 17.5 Å². The van der Waals surface area contributed by atoms with E-state index in [9.17, 15) is 14.7 Å². The summed E-state index contributed by atoms with van der Waals surface area (Å²) in [5, 5.41) is 17.6. The monoisotopic (exact) mass is 342 g/mol. The van der Waals surface area contributed by atoms with Crippen LogP contribution < -0.4 is 5.32 Å². The largest absolute Gasteiger partial charge is 0.378 e. The van der Waals surface area contributed by atoms with Gasteiger partial charge in [0.2, 0.25) is 5.91 Å². The van der Waals surface area contributed by atoms with E-state index in [1.165, 1.54) is 11.8 Å². The maximum atomic E-state index is 12.5. The summed E-state index contributed by atoms with van der Waals surface area (Å²) in [6.45, 7) is 2.63. The van der Waals surface area contributed by atoms with Gasteiger partial charge < -0.3 is 15.3 Å². The Labute approximate surface area is 146 Å². The van der Waals surface area contributed by atoms with Crippen LogP contribution in [0.15, 0.2) is 42.7 Å². The number of nitrogens with one attached hydrogen (secondary N) is 1. The van der Waals surface area contributed by atoms with Crippen molar-refractivity contribution < 1.29 is 14.7 Å². The van der Waals surface area contributed by atoms with E-state index < -0.39 is 11.5 Å². The lowest BCUT2D eigenvalue weighted by molar-refractivity contribution is -0.146. The number of hydrogen-bond donors (Lipinski definition) is 2. The average Bonchev–Trinajstić information content (AvgIpc) is 3.02. The predicted octanol–water partition coefficient (Wildman–Crippen LogP) is 1.24. The maximum absolute atomic E-state index is 12.5. The van der Waals surface area contributed by atoms with Gasteiger partial charge in [0, 0.05) is 19.7 Å². The van der Waals surface area contributed by atoms with Gasteiger partial charge in [0.05, 0.1) is 25.0 Å². The summed E-state index contributed by atoms with van der Waals surface area (Å²) < 4.78 is 1.72. The van der Waals surface area contributed by atoms with Gasteiger partial charge in [-0.2, -0.15) is 5.10 Å². The Morgan fingerprint density at radius 1 is 1.32 bits per heavy atom. The Hall–Kier alpha value is -2.67. The van der Waals surface area contributed by atoms with E-state index >= 15 is 0 Å². The number of benzene rings is 1. The Kier molecular flexibility index (Phi) is 4.85. The van der Waals surface area contributed by atoms with Gasteiger partial charge in [-0.25, -0.2) is 0 Å². The second kappa shape index (κ2) is 7.06. The molecule has 1 aromatic carbocycles. The highest BCUT2D eigenvalue weighted by Gasteiger charge is 2.41. The van der Waals surface area contributed by atoms with Crippen molar-refractivity contribution in [2.24, 2.45) is 0 Å². The zero-order valence-electron chi connectivity index (χ0n) is 14.2. The van der Waals surface area contributed by atoms with Gasteiger partial charge >= 0.3 is 0 Å². The average molecular weight is 342 g/mol. The molecule has 1 aliphatic heterocycles. The topological polar surface area (TPSA) is 87.5 Å². The number of amides is 2. The van der Waals surface area contributed by atoms with Gasteiger partial charge in [-0.15, -0.1) is 0 Å². The zero-order chi connectivity index (χ0) is 17.9. The van der Waals surface area contributed by atoms with Crippen LogP contribution >= 0.6 is 0 Å². The normalized spacial score (nSPS) is 20.3. The summed E-state index contributed by atoms with van der Waals surface area (Å²) in [5.41, 5.74) is 0.0617. The number of carbonyl (C=O) groups is 2. The number of β-amino-alcohol motifs (C(OH)–C–C–N with tert-alkyl or cyclic N) is 1. The fraction of sp³-hybridized carbons (Fsp3) is 0.389. The third-order valence-electron chi connectivity index (χ3n) is 4.42. The molecule has 0 spiro atoms. The number of hydrogen-bond acceptors (Lipinski definition) is 4. The second-order valence-electron chi connectivity index (χ2n) is 6.44. The fourth-order valence-corrected chi connectivity index (χ4v) is 3.02. The van der Waals surface area contributed by atoms with Gasteiger partial charge in [0.25, 0.3) is 5.91 Å². The van der Waals surface area contributed by atoms with Crippen molar-refractivity contribution in [2.45, 2.75) is 31.9 Å². The number of piperidine rings is 1. The molecule has 25 heavy (non-hydrogen) atoms. The molecule has 0 radical (unpaired) electrons. The van der Waals surface area contributed by atoms with Crippen LogP contribution in [0.4, 0.5) is 5.69 Å². The van der Waals surface area contributed by atoms with E-state index in [2.05, 4.69) is 10.4 Å². The third-order valence-corrected chi connectivity index (χ3v) is 4.42. The van der Waals surface area contributed by atoms with E-state index in [0.29, 0.717) is 31.6 Å². The molecule has 0 unspecified atom stereocenters. The lowest BCUT2D eigenvalue weighted by atomic mass is 9.91.